The van der Waals surface area contributed by atoms with E-state index in [1.165, 1.54) is 10.6 Å². The molecule has 8 nitrogen and oxygen atoms in total. The number of nitrogens with one attached hydrogen (secondary N) is 1. The molecule has 0 aliphatic rings. The summed E-state index contributed by atoms with van der Waals surface area (Å²) in [6.07, 6.45) is 10.2. The maximum Gasteiger partial charge on any atom is 0.321 e. The number of rotatable bonds is 4. The highest BCUT2D eigenvalue weighted by Crippen LogP contribution is 2.16. The van der Waals surface area contributed by atoms with E-state index in [9.17, 15) is 14.9 Å². The molecular weight excluding hydrogens is 370 g/mol. The summed E-state index contributed by atoms with van der Waals surface area (Å²) in [5.74, 6) is 2.74. The lowest BCUT2D eigenvalue weighted by atomic mass is 10.2. The highest BCUT2D eigenvalue weighted by molar-refractivity contribution is 5.76. The number of benzene rings is 1. The number of hydrogen-bond acceptors (Lipinski definition) is 5. The first-order valence-electron chi connectivity index (χ1n) is 8.53. The van der Waals surface area contributed by atoms with E-state index in [2.05, 4.69) is 20.9 Å². The summed E-state index contributed by atoms with van der Waals surface area (Å²) in [7, 11) is 0. The average molecular weight is 383 g/mol. The van der Waals surface area contributed by atoms with Crippen molar-refractivity contribution in [3.8, 4) is 18.0 Å². The second-order valence-corrected chi connectivity index (χ2v) is 6.07. The van der Waals surface area contributed by atoms with Crippen LogP contribution in [0, 0.1) is 22.5 Å². The van der Waals surface area contributed by atoms with Crippen LogP contribution in [0.4, 0.5) is 5.82 Å². The summed E-state index contributed by atoms with van der Waals surface area (Å²) in [6.45, 7) is 0. The van der Waals surface area contributed by atoms with Gasteiger partial charge in [-0.25, -0.2) is 15.0 Å². The van der Waals surface area contributed by atoms with Crippen LogP contribution in [-0.4, -0.2) is 24.4 Å². The molecule has 0 saturated carbocycles. The van der Waals surface area contributed by atoms with Crippen LogP contribution < -0.4 is 5.56 Å². The first-order valence-corrected chi connectivity index (χ1v) is 8.53. The Bertz CT molecular complexity index is 1360. The van der Waals surface area contributed by atoms with Gasteiger partial charge in [-0.3, -0.25) is 9.36 Å². The fraction of sp³-hybridized carbons (Fsp3) is 0. The zero-order valence-corrected chi connectivity index (χ0v) is 14.9. The first kappa shape index (κ1) is 17.9. The molecule has 1 aromatic carbocycles. The number of aromatic amines is 1. The average Bonchev–Trinajstić information content (AvgIpc) is 3.22. The largest absolute Gasteiger partial charge is 0.358 e. The van der Waals surface area contributed by atoms with Gasteiger partial charge in [0.2, 0.25) is 0 Å². The SMILES string of the molecule is C#Cc1ccc(-n2c(/C=C/c3ccc([N+](=O)[O-])[nH]3)nc3ncccc3c2=O)cc1. The zero-order valence-electron chi connectivity index (χ0n) is 14.9. The number of nitro groups is 1. The lowest BCUT2D eigenvalue weighted by molar-refractivity contribution is -0.389. The number of nitrogens with zero attached hydrogens (tertiary/aromatic N) is 4. The van der Waals surface area contributed by atoms with E-state index in [0.29, 0.717) is 33.8 Å². The summed E-state index contributed by atoms with van der Waals surface area (Å²) in [5, 5.41) is 11.2. The monoisotopic (exact) mass is 383 g/mol. The number of H-pyrrole nitrogens is 1. The molecule has 0 aliphatic carbocycles. The Morgan fingerprint density at radius 3 is 2.62 bits per heavy atom. The normalized spacial score (nSPS) is 11.0. The topological polar surface area (TPSA) is 107 Å². The molecule has 1 N–H and O–H groups in total. The molecule has 140 valence electrons. The van der Waals surface area contributed by atoms with Gasteiger partial charge < -0.3 is 10.1 Å². The number of pyridine rings is 1. The van der Waals surface area contributed by atoms with Gasteiger partial charge in [-0.05, 0) is 59.5 Å². The van der Waals surface area contributed by atoms with Crippen molar-refractivity contribution in [2.75, 3.05) is 0 Å². The van der Waals surface area contributed by atoms with E-state index in [1.54, 1.807) is 60.8 Å². The minimum absolute atomic E-state index is 0.125. The van der Waals surface area contributed by atoms with Gasteiger partial charge in [0, 0.05) is 17.8 Å². The summed E-state index contributed by atoms with van der Waals surface area (Å²) in [6, 6.07) is 13.2. The Morgan fingerprint density at radius 2 is 1.93 bits per heavy atom. The molecule has 0 bridgehead atoms. The summed E-state index contributed by atoms with van der Waals surface area (Å²) in [4.78, 5) is 34.8. The van der Waals surface area contributed by atoms with Gasteiger partial charge in [0.1, 0.15) is 11.5 Å². The van der Waals surface area contributed by atoms with Crippen molar-refractivity contribution in [3.63, 3.8) is 0 Å². The highest BCUT2D eigenvalue weighted by atomic mass is 16.6. The van der Waals surface area contributed by atoms with E-state index in [4.69, 9.17) is 6.42 Å². The Kier molecular flexibility index (Phi) is 4.47. The number of aromatic nitrogens is 4. The second kappa shape index (κ2) is 7.25. The fourth-order valence-corrected chi connectivity index (χ4v) is 2.87. The van der Waals surface area contributed by atoms with Crippen LogP contribution in [0.3, 0.4) is 0 Å². The summed E-state index contributed by atoms with van der Waals surface area (Å²) < 4.78 is 1.44. The van der Waals surface area contributed by atoms with E-state index in [1.807, 2.05) is 0 Å². The van der Waals surface area contributed by atoms with Crippen LogP contribution in [-0.2, 0) is 0 Å². The van der Waals surface area contributed by atoms with Gasteiger partial charge in [-0.2, -0.15) is 0 Å². The van der Waals surface area contributed by atoms with Crippen molar-refractivity contribution in [3.05, 3.63) is 92.3 Å². The van der Waals surface area contributed by atoms with Crippen LogP contribution in [0.25, 0.3) is 28.9 Å². The molecule has 0 unspecified atom stereocenters. The third-order valence-electron chi connectivity index (χ3n) is 4.26. The maximum atomic E-state index is 13.1. The number of terminal acetylenes is 1. The molecule has 0 aliphatic heterocycles. The lowest BCUT2D eigenvalue weighted by Gasteiger charge is -2.11. The molecule has 0 saturated heterocycles. The van der Waals surface area contributed by atoms with Crippen molar-refractivity contribution in [2.24, 2.45) is 0 Å². The van der Waals surface area contributed by atoms with E-state index < -0.39 is 4.92 Å². The first-order chi connectivity index (χ1) is 14.1. The molecule has 8 heteroatoms. The fourth-order valence-electron chi connectivity index (χ4n) is 2.87. The van der Waals surface area contributed by atoms with Gasteiger partial charge in [-0.1, -0.05) is 5.92 Å². The van der Waals surface area contributed by atoms with Crippen LogP contribution in [0.1, 0.15) is 17.1 Å². The Hall–Kier alpha value is -4.51. The molecule has 0 atom stereocenters. The van der Waals surface area contributed by atoms with E-state index in [0.717, 1.165) is 0 Å². The molecule has 0 fully saturated rings. The molecule has 3 heterocycles. The van der Waals surface area contributed by atoms with Crippen molar-refractivity contribution in [2.45, 2.75) is 0 Å². The molecule has 0 spiro atoms. The van der Waals surface area contributed by atoms with Crippen molar-refractivity contribution in [1.29, 1.82) is 0 Å². The number of fused-ring (bicyclic) bond motifs is 1. The Morgan fingerprint density at radius 1 is 1.14 bits per heavy atom. The van der Waals surface area contributed by atoms with Gasteiger partial charge in [0.25, 0.3) is 5.56 Å². The van der Waals surface area contributed by atoms with Crippen molar-refractivity contribution < 1.29 is 4.92 Å². The molecule has 4 aromatic rings. The van der Waals surface area contributed by atoms with Gasteiger partial charge >= 0.3 is 5.82 Å². The van der Waals surface area contributed by atoms with Crippen LogP contribution in [0.15, 0.2) is 59.5 Å². The Balaban J connectivity index is 1.88. The highest BCUT2D eigenvalue weighted by Gasteiger charge is 2.12. The predicted octanol–water partition coefficient (Wildman–Crippen LogP) is 3.17. The molecule has 29 heavy (non-hydrogen) atoms. The minimum Gasteiger partial charge on any atom is -0.358 e. The van der Waals surface area contributed by atoms with Crippen LogP contribution in [0.2, 0.25) is 0 Å². The van der Waals surface area contributed by atoms with Crippen molar-refractivity contribution in [1.82, 2.24) is 19.5 Å². The lowest BCUT2D eigenvalue weighted by Crippen LogP contribution is -2.22. The predicted molar refractivity (Wildman–Crippen MR) is 109 cm³/mol. The molecule has 3 aromatic heterocycles. The molecule has 0 radical (unpaired) electrons. The van der Waals surface area contributed by atoms with Gasteiger partial charge in [0.05, 0.1) is 11.1 Å². The molecule has 4 rings (SSSR count). The molecule has 0 amide bonds. The summed E-state index contributed by atoms with van der Waals surface area (Å²) >= 11 is 0. The van der Waals surface area contributed by atoms with Crippen LogP contribution >= 0.6 is 0 Å². The zero-order chi connectivity index (χ0) is 20.4. The smallest absolute Gasteiger partial charge is 0.321 e. The van der Waals surface area contributed by atoms with E-state index in [-0.39, 0.29) is 11.4 Å². The van der Waals surface area contributed by atoms with Gasteiger partial charge in [-0.15, -0.1) is 6.42 Å². The number of hydrogen-bond donors (Lipinski definition) is 1. The minimum atomic E-state index is -0.515. The Labute approximate surface area is 164 Å². The van der Waals surface area contributed by atoms with E-state index >= 15 is 0 Å². The maximum absolute atomic E-state index is 13.1. The second-order valence-electron chi connectivity index (χ2n) is 6.07. The van der Waals surface area contributed by atoms with Crippen LogP contribution in [0.5, 0.6) is 0 Å². The third kappa shape index (κ3) is 3.40. The molecular formula is C21H13N5O3. The quantitative estimate of drug-likeness (QED) is 0.331. The van der Waals surface area contributed by atoms with Gasteiger partial charge in [0.15, 0.2) is 5.65 Å². The standard InChI is InChI=1S/C21H13N5O3/c1-2-14-5-9-16(10-6-14)25-18(11-7-15-8-12-19(23-15)26(28)29)24-20-17(21(25)27)4-3-13-22-20/h1,3-13,23H/b11-7+. The summed E-state index contributed by atoms with van der Waals surface area (Å²) in [5.41, 5.74) is 1.80. The third-order valence-corrected chi connectivity index (χ3v) is 4.26. The van der Waals surface area contributed by atoms with Crippen molar-refractivity contribution >= 4 is 29.0 Å².